The van der Waals surface area contributed by atoms with Gasteiger partial charge in [-0.15, -0.1) is 5.10 Å². The Hall–Kier alpha value is -2.65. The highest BCUT2D eigenvalue weighted by Gasteiger charge is 2.13. The zero-order valence-corrected chi connectivity index (χ0v) is 11.1. The molecule has 2 N–H and O–H groups in total. The van der Waals surface area contributed by atoms with E-state index in [9.17, 15) is 4.79 Å². The highest BCUT2D eigenvalue weighted by molar-refractivity contribution is 6.05. The first-order valence-corrected chi connectivity index (χ1v) is 5.92. The zero-order valence-electron chi connectivity index (χ0n) is 11.1. The Bertz CT molecular complexity index is 695. The first kappa shape index (κ1) is 13.8. The molecule has 0 radical (unpaired) electrons. The summed E-state index contributed by atoms with van der Waals surface area (Å²) < 4.78 is 5.10. The lowest BCUT2D eigenvalue weighted by atomic mass is 10.0. The molecule has 0 saturated carbocycles. The van der Waals surface area contributed by atoms with Crippen LogP contribution in [0.25, 0.3) is 0 Å². The number of hydrogen-bond donors (Lipinski definition) is 2. The highest BCUT2D eigenvalue weighted by atomic mass is 16.4. The number of benzene rings is 1. The van der Waals surface area contributed by atoms with E-state index in [0.717, 1.165) is 5.56 Å². The SMILES string of the molecule is Cc1ccc(C#CCO)c(C(=O)Nc2nnc(C)o2)c1. The van der Waals surface area contributed by atoms with Gasteiger partial charge in [0.25, 0.3) is 5.91 Å². The summed E-state index contributed by atoms with van der Waals surface area (Å²) in [7, 11) is 0. The second-order valence-corrected chi connectivity index (χ2v) is 4.09. The molecule has 1 heterocycles. The number of nitrogens with one attached hydrogen (secondary N) is 1. The van der Waals surface area contributed by atoms with Gasteiger partial charge in [0.2, 0.25) is 5.89 Å². The van der Waals surface area contributed by atoms with Gasteiger partial charge in [-0.25, -0.2) is 0 Å². The van der Waals surface area contributed by atoms with Gasteiger partial charge in [-0.05, 0) is 19.1 Å². The highest BCUT2D eigenvalue weighted by Crippen LogP contribution is 2.13. The number of aliphatic hydroxyl groups excluding tert-OH is 1. The molecule has 0 fully saturated rings. The van der Waals surface area contributed by atoms with Crippen LogP contribution in [0.1, 0.15) is 27.4 Å². The third-order valence-corrected chi connectivity index (χ3v) is 2.47. The number of nitrogens with zero attached hydrogens (tertiary/aromatic N) is 2. The van der Waals surface area contributed by atoms with E-state index in [1.807, 2.05) is 13.0 Å². The van der Waals surface area contributed by atoms with E-state index < -0.39 is 0 Å². The van der Waals surface area contributed by atoms with Gasteiger partial charge in [-0.2, -0.15) is 0 Å². The molecule has 2 aromatic rings. The zero-order chi connectivity index (χ0) is 14.5. The Morgan fingerprint density at radius 2 is 2.20 bits per heavy atom. The topological polar surface area (TPSA) is 88.2 Å². The molecule has 6 nitrogen and oxygen atoms in total. The minimum atomic E-state index is -0.389. The lowest BCUT2D eigenvalue weighted by Crippen LogP contribution is -2.14. The van der Waals surface area contributed by atoms with Crippen LogP contribution in [0.5, 0.6) is 0 Å². The standard InChI is InChI=1S/C14H13N3O3/c1-9-5-6-11(4-3-7-18)12(8-9)13(19)15-14-17-16-10(2)20-14/h5-6,8,18H,7H2,1-2H3,(H,15,17,19). The molecular weight excluding hydrogens is 258 g/mol. The van der Waals surface area contributed by atoms with E-state index in [-0.39, 0.29) is 18.5 Å². The smallest absolute Gasteiger partial charge is 0.322 e. The maximum atomic E-state index is 12.2. The molecule has 0 aliphatic heterocycles. The molecule has 0 bridgehead atoms. The van der Waals surface area contributed by atoms with Crippen LogP contribution < -0.4 is 5.32 Å². The second kappa shape index (κ2) is 5.99. The van der Waals surface area contributed by atoms with Gasteiger partial charge in [-0.3, -0.25) is 10.1 Å². The van der Waals surface area contributed by atoms with Crippen molar-refractivity contribution < 1.29 is 14.3 Å². The molecule has 1 amide bonds. The molecule has 102 valence electrons. The summed E-state index contributed by atoms with van der Waals surface area (Å²) in [5.41, 5.74) is 1.84. The molecule has 0 atom stereocenters. The van der Waals surface area contributed by atoms with Crippen LogP contribution in [0.3, 0.4) is 0 Å². The van der Waals surface area contributed by atoms with Crippen LogP contribution >= 0.6 is 0 Å². The third-order valence-electron chi connectivity index (χ3n) is 2.47. The first-order valence-electron chi connectivity index (χ1n) is 5.92. The number of carbonyl (C=O) groups is 1. The molecule has 1 aromatic carbocycles. The van der Waals surface area contributed by atoms with Gasteiger partial charge < -0.3 is 9.52 Å². The van der Waals surface area contributed by atoms with E-state index in [2.05, 4.69) is 27.4 Å². The monoisotopic (exact) mass is 271 g/mol. The Morgan fingerprint density at radius 1 is 1.40 bits per heavy atom. The summed E-state index contributed by atoms with van der Waals surface area (Å²) in [5.74, 6) is 5.23. The minimum Gasteiger partial charge on any atom is -0.408 e. The molecule has 0 aliphatic carbocycles. The van der Waals surface area contributed by atoms with Crippen LogP contribution in [0.2, 0.25) is 0 Å². The number of aliphatic hydroxyl groups is 1. The largest absolute Gasteiger partial charge is 0.408 e. The Kier molecular flexibility index (Phi) is 4.13. The number of aromatic nitrogens is 2. The van der Waals surface area contributed by atoms with Crippen LogP contribution in [-0.4, -0.2) is 27.8 Å². The lowest BCUT2D eigenvalue weighted by Gasteiger charge is -2.05. The van der Waals surface area contributed by atoms with E-state index in [1.165, 1.54) is 0 Å². The first-order chi connectivity index (χ1) is 9.60. The molecule has 0 spiro atoms. The molecular formula is C14H13N3O3. The Labute approximate surface area is 115 Å². The average Bonchev–Trinajstić information content (AvgIpc) is 2.82. The normalized spacial score (nSPS) is 9.75. The van der Waals surface area contributed by atoms with Gasteiger partial charge in [0.05, 0.1) is 5.56 Å². The summed E-state index contributed by atoms with van der Waals surface area (Å²) >= 11 is 0. The van der Waals surface area contributed by atoms with Crippen molar-refractivity contribution in [3.8, 4) is 11.8 Å². The lowest BCUT2D eigenvalue weighted by molar-refractivity contribution is 0.102. The van der Waals surface area contributed by atoms with Crippen LogP contribution in [0, 0.1) is 25.7 Å². The quantitative estimate of drug-likeness (QED) is 0.803. The van der Waals surface area contributed by atoms with Crippen molar-refractivity contribution in [2.75, 3.05) is 11.9 Å². The summed E-state index contributed by atoms with van der Waals surface area (Å²) in [4.78, 5) is 12.2. The fourth-order valence-electron chi connectivity index (χ4n) is 1.60. The molecule has 1 aromatic heterocycles. The molecule has 0 aliphatic rings. The average molecular weight is 271 g/mol. The predicted molar refractivity (Wildman–Crippen MR) is 72.1 cm³/mol. The molecule has 0 saturated heterocycles. The van der Waals surface area contributed by atoms with Gasteiger partial charge in [0.15, 0.2) is 0 Å². The maximum absolute atomic E-state index is 12.2. The number of rotatable bonds is 2. The minimum absolute atomic E-state index is 0.0371. The van der Waals surface area contributed by atoms with Crippen molar-refractivity contribution in [1.29, 1.82) is 0 Å². The summed E-state index contributed by atoms with van der Waals surface area (Å²) in [6, 6.07) is 5.32. The molecule has 20 heavy (non-hydrogen) atoms. The Balaban J connectivity index is 2.30. The van der Waals surface area contributed by atoms with Crippen LogP contribution in [0.15, 0.2) is 22.6 Å². The molecule has 2 rings (SSSR count). The van der Waals surface area contributed by atoms with E-state index >= 15 is 0 Å². The number of aryl methyl sites for hydroxylation is 2. The maximum Gasteiger partial charge on any atom is 0.322 e. The fraction of sp³-hybridized carbons (Fsp3) is 0.214. The van der Waals surface area contributed by atoms with E-state index in [1.54, 1.807) is 19.1 Å². The molecule has 6 heteroatoms. The van der Waals surface area contributed by atoms with Crippen molar-refractivity contribution in [2.24, 2.45) is 0 Å². The molecule has 0 unspecified atom stereocenters. The number of anilines is 1. The summed E-state index contributed by atoms with van der Waals surface area (Å²) in [6.07, 6.45) is 0. The van der Waals surface area contributed by atoms with E-state index in [4.69, 9.17) is 9.52 Å². The fourth-order valence-corrected chi connectivity index (χ4v) is 1.60. The second-order valence-electron chi connectivity index (χ2n) is 4.09. The van der Waals surface area contributed by atoms with Gasteiger partial charge in [0, 0.05) is 12.5 Å². The summed E-state index contributed by atoms with van der Waals surface area (Å²) in [5, 5.41) is 18.6. The van der Waals surface area contributed by atoms with Crippen molar-refractivity contribution in [2.45, 2.75) is 13.8 Å². The van der Waals surface area contributed by atoms with Crippen LogP contribution in [-0.2, 0) is 0 Å². The van der Waals surface area contributed by atoms with Gasteiger partial charge in [0.1, 0.15) is 6.61 Å². The van der Waals surface area contributed by atoms with Crippen molar-refractivity contribution >= 4 is 11.9 Å². The van der Waals surface area contributed by atoms with E-state index in [0.29, 0.717) is 17.0 Å². The van der Waals surface area contributed by atoms with Crippen LogP contribution in [0.4, 0.5) is 6.01 Å². The number of carbonyl (C=O) groups excluding carboxylic acids is 1. The van der Waals surface area contributed by atoms with Crippen molar-refractivity contribution in [1.82, 2.24) is 10.2 Å². The van der Waals surface area contributed by atoms with Crippen molar-refractivity contribution in [3.05, 3.63) is 40.8 Å². The predicted octanol–water partition coefficient (Wildman–Crippen LogP) is 1.28. The summed E-state index contributed by atoms with van der Waals surface area (Å²) in [6.45, 7) is 3.24. The number of amides is 1. The Morgan fingerprint density at radius 3 is 2.85 bits per heavy atom. The van der Waals surface area contributed by atoms with Gasteiger partial charge >= 0.3 is 6.01 Å². The third kappa shape index (κ3) is 3.22. The van der Waals surface area contributed by atoms with Crippen molar-refractivity contribution in [3.63, 3.8) is 0 Å². The van der Waals surface area contributed by atoms with Gasteiger partial charge in [-0.1, -0.05) is 28.6 Å². The number of hydrogen-bond acceptors (Lipinski definition) is 5.